The number of hydrogen-bond acceptors (Lipinski definition) is 4. The molecule has 2 aromatic rings. The summed E-state index contributed by atoms with van der Waals surface area (Å²) in [5.41, 5.74) is 0.241. The van der Waals surface area contributed by atoms with Crippen molar-refractivity contribution in [1.82, 2.24) is 9.80 Å². The third kappa shape index (κ3) is 7.25. The van der Waals surface area contributed by atoms with E-state index < -0.39 is 5.41 Å². The van der Waals surface area contributed by atoms with Crippen LogP contribution in [0.15, 0.2) is 41.8 Å². The summed E-state index contributed by atoms with van der Waals surface area (Å²) in [7, 11) is 1.57. The highest BCUT2D eigenvalue weighted by Crippen LogP contribution is 2.19. The van der Waals surface area contributed by atoms with E-state index in [-0.39, 0.29) is 24.2 Å². The number of rotatable bonds is 9. The zero-order valence-corrected chi connectivity index (χ0v) is 18.3. The molecule has 0 aliphatic carbocycles. The minimum atomic E-state index is -0.594. The quantitative estimate of drug-likeness (QED) is 0.617. The van der Waals surface area contributed by atoms with Crippen molar-refractivity contribution in [2.24, 2.45) is 5.41 Å². The summed E-state index contributed by atoms with van der Waals surface area (Å²) < 4.78 is 18.4. The van der Waals surface area contributed by atoms with Crippen molar-refractivity contribution < 1.29 is 18.7 Å². The smallest absolute Gasteiger partial charge is 0.242 e. The Morgan fingerprint density at radius 1 is 1.07 bits per heavy atom. The molecule has 0 aliphatic heterocycles. The van der Waals surface area contributed by atoms with Gasteiger partial charge in [-0.3, -0.25) is 9.59 Å². The first-order chi connectivity index (χ1) is 13.7. The van der Waals surface area contributed by atoms with Crippen LogP contribution in [0.25, 0.3) is 0 Å². The summed E-state index contributed by atoms with van der Waals surface area (Å²) in [5.74, 6) is -0.566. The summed E-state index contributed by atoms with van der Waals surface area (Å²) in [6.07, 6.45) is 0. The van der Waals surface area contributed by atoms with E-state index in [1.807, 2.05) is 38.3 Å². The second-order valence-corrected chi connectivity index (χ2v) is 8.96. The molecule has 0 bridgehead atoms. The topological polar surface area (TPSA) is 49.9 Å². The fraction of sp³-hybridized carbons (Fsp3) is 0.455. The lowest BCUT2D eigenvalue weighted by Crippen LogP contribution is -2.47. The number of thiophene rings is 1. The Morgan fingerprint density at radius 3 is 2.31 bits per heavy atom. The molecule has 0 saturated heterocycles. The van der Waals surface area contributed by atoms with Crippen LogP contribution >= 0.6 is 11.3 Å². The van der Waals surface area contributed by atoms with Crippen molar-refractivity contribution in [2.45, 2.75) is 33.9 Å². The van der Waals surface area contributed by atoms with Gasteiger partial charge in [-0.2, -0.15) is 0 Å². The zero-order chi connectivity index (χ0) is 21.4. The van der Waals surface area contributed by atoms with Gasteiger partial charge in [0, 0.05) is 30.5 Å². The highest BCUT2D eigenvalue weighted by atomic mass is 32.1. The summed E-state index contributed by atoms with van der Waals surface area (Å²) in [6.45, 7) is 6.98. The Balaban J connectivity index is 2.18. The van der Waals surface area contributed by atoms with Crippen LogP contribution in [0.3, 0.4) is 0 Å². The largest absolute Gasteiger partial charge is 0.383 e. The summed E-state index contributed by atoms with van der Waals surface area (Å²) >= 11 is 1.57. The van der Waals surface area contributed by atoms with Crippen molar-refractivity contribution in [3.63, 3.8) is 0 Å². The second-order valence-electron chi connectivity index (χ2n) is 7.93. The molecule has 0 N–H and O–H groups in total. The third-order valence-corrected chi connectivity index (χ3v) is 5.25. The predicted octanol–water partition coefficient (Wildman–Crippen LogP) is 3.94. The standard InChI is InChI=1S/C22H29FN2O3S/c1-22(2,3)21(27)24(11-12-28-4)16-20(26)25(15-19-6-5-13-29-19)14-17-7-9-18(23)10-8-17/h5-10,13H,11-12,14-16H2,1-4H3. The number of ether oxygens (including phenoxy) is 1. The number of amides is 2. The first-order valence-corrected chi connectivity index (χ1v) is 10.4. The Morgan fingerprint density at radius 2 is 1.76 bits per heavy atom. The summed E-state index contributed by atoms with van der Waals surface area (Å²) in [6, 6.07) is 10.0. The average Bonchev–Trinajstić information content (AvgIpc) is 3.18. The minimum absolute atomic E-state index is 0.0218. The van der Waals surface area contributed by atoms with E-state index in [1.54, 1.807) is 40.4 Å². The fourth-order valence-electron chi connectivity index (χ4n) is 2.82. The molecule has 0 radical (unpaired) electrons. The highest BCUT2D eigenvalue weighted by molar-refractivity contribution is 7.09. The van der Waals surface area contributed by atoms with Gasteiger partial charge in [0.2, 0.25) is 11.8 Å². The summed E-state index contributed by atoms with van der Waals surface area (Å²) in [5, 5.41) is 1.96. The number of carbonyl (C=O) groups is 2. The van der Waals surface area contributed by atoms with Crippen LogP contribution in [0.1, 0.15) is 31.2 Å². The maximum absolute atomic E-state index is 13.2. The first-order valence-electron chi connectivity index (χ1n) is 9.53. The molecule has 2 rings (SSSR count). The number of carbonyl (C=O) groups excluding carboxylic acids is 2. The third-order valence-electron chi connectivity index (χ3n) is 4.39. The average molecular weight is 421 g/mol. The molecule has 0 unspecified atom stereocenters. The van der Waals surface area contributed by atoms with E-state index >= 15 is 0 Å². The van der Waals surface area contributed by atoms with Crippen molar-refractivity contribution in [3.05, 3.63) is 58.0 Å². The maximum atomic E-state index is 13.2. The van der Waals surface area contributed by atoms with Crippen molar-refractivity contribution in [2.75, 3.05) is 26.8 Å². The van der Waals surface area contributed by atoms with Crippen LogP contribution in [0, 0.1) is 11.2 Å². The molecular formula is C22H29FN2O3S. The molecule has 0 atom stereocenters. The Hall–Kier alpha value is -2.25. The van der Waals surface area contributed by atoms with Crippen molar-refractivity contribution in [3.8, 4) is 0 Å². The van der Waals surface area contributed by atoms with Crippen LogP contribution in [0.4, 0.5) is 4.39 Å². The first kappa shape index (κ1) is 23.0. The molecule has 7 heteroatoms. The van der Waals surface area contributed by atoms with Crippen LogP contribution in [0.5, 0.6) is 0 Å². The Bertz CT molecular complexity index is 785. The van der Waals surface area contributed by atoms with Gasteiger partial charge in [-0.05, 0) is 29.1 Å². The van der Waals surface area contributed by atoms with E-state index in [0.717, 1.165) is 10.4 Å². The van der Waals surface area contributed by atoms with Crippen molar-refractivity contribution in [1.29, 1.82) is 0 Å². The number of benzene rings is 1. The molecule has 0 aliphatic rings. The van der Waals surface area contributed by atoms with Crippen LogP contribution in [-0.2, 0) is 27.4 Å². The van der Waals surface area contributed by atoms with E-state index in [0.29, 0.717) is 26.2 Å². The van der Waals surface area contributed by atoms with Gasteiger partial charge in [0.25, 0.3) is 0 Å². The molecule has 0 spiro atoms. The second kappa shape index (κ2) is 10.5. The molecule has 5 nitrogen and oxygen atoms in total. The van der Waals surface area contributed by atoms with Crippen LogP contribution < -0.4 is 0 Å². The predicted molar refractivity (Wildman–Crippen MR) is 113 cm³/mol. The molecular weight excluding hydrogens is 391 g/mol. The van der Waals surface area contributed by atoms with Crippen LogP contribution in [0.2, 0.25) is 0 Å². The van der Waals surface area contributed by atoms with Gasteiger partial charge in [-0.1, -0.05) is 39.0 Å². The fourth-order valence-corrected chi connectivity index (χ4v) is 3.54. The van der Waals surface area contributed by atoms with Gasteiger partial charge in [-0.25, -0.2) is 4.39 Å². The number of nitrogens with zero attached hydrogens (tertiary/aromatic N) is 2. The molecule has 1 aromatic heterocycles. The SMILES string of the molecule is COCCN(CC(=O)N(Cc1ccc(F)cc1)Cc1cccs1)C(=O)C(C)(C)C. The molecule has 2 amide bonds. The van der Waals surface area contributed by atoms with Gasteiger partial charge in [0.15, 0.2) is 0 Å². The highest BCUT2D eigenvalue weighted by Gasteiger charge is 2.29. The molecule has 1 aromatic carbocycles. The molecule has 158 valence electrons. The van der Waals surface area contributed by atoms with E-state index in [1.165, 1.54) is 12.1 Å². The lowest BCUT2D eigenvalue weighted by atomic mass is 9.94. The van der Waals surface area contributed by atoms with Crippen molar-refractivity contribution >= 4 is 23.2 Å². The van der Waals surface area contributed by atoms with Gasteiger partial charge in [0.1, 0.15) is 5.82 Å². The van der Waals surface area contributed by atoms with E-state index in [2.05, 4.69) is 0 Å². The molecule has 29 heavy (non-hydrogen) atoms. The monoisotopic (exact) mass is 420 g/mol. The van der Waals surface area contributed by atoms with Gasteiger partial charge in [-0.15, -0.1) is 11.3 Å². The maximum Gasteiger partial charge on any atom is 0.242 e. The van der Waals surface area contributed by atoms with Gasteiger partial charge < -0.3 is 14.5 Å². The zero-order valence-electron chi connectivity index (χ0n) is 17.5. The summed E-state index contributed by atoms with van der Waals surface area (Å²) in [4.78, 5) is 30.3. The van der Waals surface area contributed by atoms with Gasteiger partial charge >= 0.3 is 0 Å². The van der Waals surface area contributed by atoms with Gasteiger partial charge in [0.05, 0.1) is 19.7 Å². The van der Waals surface area contributed by atoms with Crippen LogP contribution in [-0.4, -0.2) is 48.4 Å². The molecule has 0 fully saturated rings. The normalized spacial score (nSPS) is 11.3. The van der Waals surface area contributed by atoms with E-state index in [9.17, 15) is 14.0 Å². The molecule has 1 heterocycles. The number of hydrogen-bond donors (Lipinski definition) is 0. The Kier molecular flexibility index (Phi) is 8.34. The molecule has 0 saturated carbocycles. The lowest BCUT2D eigenvalue weighted by molar-refractivity contribution is -0.146. The Labute approximate surface area is 176 Å². The lowest BCUT2D eigenvalue weighted by Gasteiger charge is -2.31. The number of halogens is 1. The minimum Gasteiger partial charge on any atom is -0.383 e. The van der Waals surface area contributed by atoms with E-state index in [4.69, 9.17) is 4.74 Å². The number of methoxy groups -OCH3 is 1.